The second-order valence-corrected chi connectivity index (χ2v) is 6.06. The third-order valence-electron chi connectivity index (χ3n) is 2.93. The number of hydrogen-bond donors (Lipinski definition) is 1. The summed E-state index contributed by atoms with van der Waals surface area (Å²) in [5.41, 5.74) is 7.56. The molecule has 3 heteroatoms. The van der Waals surface area contributed by atoms with Crippen LogP contribution < -0.4 is 5.73 Å². The number of nitrogens with zero attached hydrogens (tertiary/aromatic N) is 1. The van der Waals surface area contributed by atoms with Crippen LogP contribution in [0.2, 0.25) is 0 Å². The summed E-state index contributed by atoms with van der Waals surface area (Å²) in [6.45, 7) is 3.95. The Morgan fingerprint density at radius 3 is 2.50 bits per heavy atom. The lowest BCUT2D eigenvalue weighted by Crippen LogP contribution is -2.28. The zero-order valence-corrected chi connectivity index (χ0v) is 11.8. The van der Waals surface area contributed by atoms with Crippen LogP contribution in [0.1, 0.15) is 21.4 Å². The molecule has 0 aliphatic carbocycles. The van der Waals surface area contributed by atoms with Crippen LogP contribution in [-0.2, 0) is 6.54 Å². The average Bonchev–Trinajstić information content (AvgIpc) is 2.77. The highest BCUT2D eigenvalue weighted by molar-refractivity contribution is 7.12. The molecule has 0 amide bonds. The van der Waals surface area contributed by atoms with E-state index >= 15 is 0 Å². The molecule has 2 nitrogen and oxygen atoms in total. The van der Waals surface area contributed by atoms with Crippen LogP contribution in [0.25, 0.3) is 0 Å². The molecule has 0 saturated heterocycles. The second kappa shape index (κ2) is 6.14. The highest BCUT2D eigenvalue weighted by atomic mass is 32.1. The number of aryl methyl sites for hydroxylation is 1. The molecule has 96 valence electrons. The second-order valence-electron chi connectivity index (χ2n) is 4.74. The molecule has 1 heterocycles. The van der Waals surface area contributed by atoms with Gasteiger partial charge in [-0.05, 0) is 31.7 Å². The van der Waals surface area contributed by atoms with E-state index in [4.69, 9.17) is 5.73 Å². The molecular formula is C15H20N2S. The Balaban J connectivity index is 1.89. The summed E-state index contributed by atoms with van der Waals surface area (Å²) < 4.78 is 0. The lowest BCUT2D eigenvalue weighted by atomic mass is 10.2. The minimum Gasteiger partial charge on any atom is -0.322 e. The minimum atomic E-state index is 0.109. The van der Waals surface area contributed by atoms with Gasteiger partial charge in [0, 0.05) is 22.8 Å². The van der Waals surface area contributed by atoms with Crippen LogP contribution in [0.5, 0.6) is 0 Å². The molecule has 18 heavy (non-hydrogen) atoms. The van der Waals surface area contributed by atoms with E-state index in [9.17, 15) is 0 Å². The van der Waals surface area contributed by atoms with Gasteiger partial charge < -0.3 is 10.6 Å². The van der Waals surface area contributed by atoms with E-state index in [1.54, 1.807) is 11.3 Å². The van der Waals surface area contributed by atoms with Gasteiger partial charge in [0.25, 0.3) is 0 Å². The Bertz CT molecular complexity index is 478. The van der Waals surface area contributed by atoms with Gasteiger partial charge in [-0.3, -0.25) is 0 Å². The van der Waals surface area contributed by atoms with Crippen LogP contribution in [-0.4, -0.2) is 18.5 Å². The average molecular weight is 260 g/mol. The monoisotopic (exact) mass is 260 g/mol. The van der Waals surface area contributed by atoms with Crippen molar-refractivity contribution in [1.29, 1.82) is 0 Å². The molecule has 2 rings (SSSR count). The van der Waals surface area contributed by atoms with E-state index in [1.165, 1.54) is 15.3 Å². The van der Waals surface area contributed by atoms with Crippen molar-refractivity contribution in [3.8, 4) is 0 Å². The topological polar surface area (TPSA) is 29.3 Å². The van der Waals surface area contributed by atoms with E-state index in [0.29, 0.717) is 0 Å². The Morgan fingerprint density at radius 1 is 1.17 bits per heavy atom. The smallest absolute Gasteiger partial charge is 0.0519 e. The third kappa shape index (κ3) is 3.67. The van der Waals surface area contributed by atoms with Crippen molar-refractivity contribution in [1.82, 2.24) is 4.90 Å². The molecule has 0 spiro atoms. The molecule has 0 bridgehead atoms. The van der Waals surface area contributed by atoms with E-state index in [0.717, 1.165) is 13.1 Å². The number of likely N-dealkylation sites (N-methyl/N-ethyl adjacent to an activating group) is 1. The fourth-order valence-corrected chi connectivity index (χ4v) is 2.91. The number of rotatable bonds is 5. The molecular weight excluding hydrogens is 240 g/mol. The van der Waals surface area contributed by atoms with E-state index in [-0.39, 0.29) is 6.04 Å². The summed E-state index contributed by atoms with van der Waals surface area (Å²) in [5.74, 6) is 0. The lowest BCUT2D eigenvalue weighted by Gasteiger charge is -2.20. The van der Waals surface area contributed by atoms with Gasteiger partial charge in [0.2, 0.25) is 0 Å². The van der Waals surface area contributed by atoms with Crippen LogP contribution in [0.15, 0.2) is 42.5 Å². The molecule has 2 aromatic rings. The van der Waals surface area contributed by atoms with E-state index < -0.39 is 0 Å². The van der Waals surface area contributed by atoms with Gasteiger partial charge in [-0.2, -0.15) is 0 Å². The summed E-state index contributed by atoms with van der Waals surface area (Å²) in [5, 5.41) is 0. The fraction of sp³-hybridized carbons (Fsp3) is 0.333. The largest absolute Gasteiger partial charge is 0.322 e. The van der Waals surface area contributed by atoms with Crippen LogP contribution >= 0.6 is 11.3 Å². The van der Waals surface area contributed by atoms with Crippen molar-refractivity contribution in [3.63, 3.8) is 0 Å². The van der Waals surface area contributed by atoms with Gasteiger partial charge in [-0.15, -0.1) is 11.3 Å². The first-order valence-electron chi connectivity index (χ1n) is 6.19. The van der Waals surface area contributed by atoms with Gasteiger partial charge in [0.05, 0.1) is 6.04 Å². The van der Waals surface area contributed by atoms with Crippen molar-refractivity contribution in [2.75, 3.05) is 13.6 Å². The molecule has 1 aromatic heterocycles. The number of nitrogens with two attached hydrogens (primary N) is 1. The first-order chi connectivity index (χ1) is 8.65. The highest BCUT2D eigenvalue weighted by Gasteiger charge is 2.11. The number of hydrogen-bond acceptors (Lipinski definition) is 3. The van der Waals surface area contributed by atoms with Crippen molar-refractivity contribution < 1.29 is 0 Å². The summed E-state index contributed by atoms with van der Waals surface area (Å²) in [4.78, 5) is 4.87. The third-order valence-corrected chi connectivity index (χ3v) is 4.06. The molecule has 0 aliphatic rings. The predicted molar refractivity (Wildman–Crippen MR) is 78.8 cm³/mol. The maximum atomic E-state index is 6.23. The van der Waals surface area contributed by atoms with Crippen molar-refractivity contribution >= 4 is 11.3 Å². The molecule has 0 radical (unpaired) electrons. The summed E-state index contributed by atoms with van der Waals surface area (Å²) in [7, 11) is 2.12. The first-order valence-corrected chi connectivity index (χ1v) is 7.01. The predicted octanol–water partition coefficient (Wildman–Crippen LogP) is 3.19. The lowest BCUT2D eigenvalue weighted by molar-refractivity contribution is 0.306. The van der Waals surface area contributed by atoms with Crippen LogP contribution in [0.3, 0.4) is 0 Å². The van der Waals surface area contributed by atoms with E-state index in [1.807, 2.05) is 6.07 Å². The molecule has 1 unspecified atom stereocenters. The van der Waals surface area contributed by atoms with Crippen LogP contribution in [0, 0.1) is 6.92 Å². The van der Waals surface area contributed by atoms with Gasteiger partial charge in [-0.1, -0.05) is 30.3 Å². The molecule has 0 saturated carbocycles. The number of benzene rings is 1. The molecule has 0 aliphatic heterocycles. The van der Waals surface area contributed by atoms with Gasteiger partial charge >= 0.3 is 0 Å². The normalized spacial score (nSPS) is 12.9. The fourth-order valence-electron chi connectivity index (χ4n) is 2.04. The summed E-state index contributed by atoms with van der Waals surface area (Å²) in [6.07, 6.45) is 0. The Hall–Kier alpha value is -1.16. The molecule has 0 fully saturated rings. The van der Waals surface area contributed by atoms with Crippen molar-refractivity contribution in [3.05, 3.63) is 57.8 Å². The first kappa shape index (κ1) is 13.3. The SMILES string of the molecule is Cc1ccc(C(N)CN(C)Cc2ccccc2)s1. The van der Waals surface area contributed by atoms with Gasteiger partial charge in [0.1, 0.15) is 0 Å². The molecule has 1 aromatic carbocycles. The van der Waals surface area contributed by atoms with Crippen molar-refractivity contribution in [2.45, 2.75) is 19.5 Å². The van der Waals surface area contributed by atoms with Gasteiger partial charge in [-0.25, -0.2) is 0 Å². The summed E-state index contributed by atoms with van der Waals surface area (Å²) >= 11 is 1.79. The van der Waals surface area contributed by atoms with Gasteiger partial charge in [0.15, 0.2) is 0 Å². The maximum Gasteiger partial charge on any atom is 0.0519 e. The zero-order chi connectivity index (χ0) is 13.0. The highest BCUT2D eigenvalue weighted by Crippen LogP contribution is 2.21. The van der Waals surface area contributed by atoms with E-state index in [2.05, 4.69) is 55.3 Å². The molecule has 1 atom stereocenters. The molecule has 2 N–H and O–H groups in total. The standard InChI is InChI=1S/C15H20N2S/c1-12-8-9-15(18-12)14(16)11-17(2)10-13-6-4-3-5-7-13/h3-9,14H,10-11,16H2,1-2H3. The number of thiophene rings is 1. The maximum absolute atomic E-state index is 6.23. The zero-order valence-electron chi connectivity index (χ0n) is 11.0. The minimum absolute atomic E-state index is 0.109. The Morgan fingerprint density at radius 2 is 1.89 bits per heavy atom. The Kier molecular flexibility index (Phi) is 4.53. The van der Waals surface area contributed by atoms with Crippen molar-refractivity contribution in [2.24, 2.45) is 5.73 Å². The van der Waals surface area contributed by atoms with Crippen LogP contribution in [0.4, 0.5) is 0 Å². The Labute approximate surface area is 113 Å². The quantitative estimate of drug-likeness (QED) is 0.894. The summed E-state index contributed by atoms with van der Waals surface area (Å²) in [6, 6.07) is 14.9.